The number of fused-ring (bicyclic) bond motifs is 1. The average Bonchev–Trinajstić information content (AvgIpc) is 2.85. The van der Waals surface area contributed by atoms with Gasteiger partial charge in [-0.2, -0.15) is 0 Å². The number of rotatable bonds is 2. The van der Waals surface area contributed by atoms with Crippen molar-refractivity contribution in [3.8, 4) is 11.4 Å². The Labute approximate surface area is 123 Å². The second kappa shape index (κ2) is 5.07. The molecule has 0 saturated carbocycles. The van der Waals surface area contributed by atoms with Crippen molar-refractivity contribution in [1.82, 2.24) is 9.97 Å². The van der Waals surface area contributed by atoms with Crippen molar-refractivity contribution in [2.24, 2.45) is 0 Å². The van der Waals surface area contributed by atoms with E-state index in [2.05, 4.69) is 9.97 Å². The van der Waals surface area contributed by atoms with Gasteiger partial charge in [0.2, 0.25) is 0 Å². The van der Waals surface area contributed by atoms with Crippen molar-refractivity contribution in [2.75, 3.05) is 0 Å². The van der Waals surface area contributed by atoms with Gasteiger partial charge in [0.1, 0.15) is 9.98 Å². The van der Waals surface area contributed by atoms with Gasteiger partial charge in [-0.05, 0) is 30.7 Å². The Bertz CT molecular complexity index is 801. The summed E-state index contributed by atoms with van der Waals surface area (Å²) in [4.78, 5) is 10.4. The van der Waals surface area contributed by atoms with E-state index in [1.807, 2.05) is 13.0 Å². The van der Waals surface area contributed by atoms with Crippen LogP contribution in [0.1, 0.15) is 11.8 Å². The number of benzene rings is 1. The van der Waals surface area contributed by atoms with Crippen LogP contribution in [0, 0.1) is 11.6 Å². The Kier molecular flexibility index (Phi) is 3.40. The third-order valence-corrected chi connectivity index (χ3v) is 4.38. The van der Waals surface area contributed by atoms with E-state index >= 15 is 0 Å². The van der Waals surface area contributed by atoms with Crippen molar-refractivity contribution in [3.05, 3.63) is 45.9 Å². The fourth-order valence-corrected chi connectivity index (χ4v) is 3.12. The quantitative estimate of drug-likeness (QED) is 0.632. The first-order chi connectivity index (χ1) is 9.58. The highest BCUT2D eigenvalue weighted by Crippen LogP contribution is 2.31. The van der Waals surface area contributed by atoms with Gasteiger partial charge >= 0.3 is 0 Å². The lowest BCUT2D eigenvalue weighted by Crippen LogP contribution is -1.92. The summed E-state index contributed by atoms with van der Waals surface area (Å²) in [5, 5.41) is 1.12. The minimum atomic E-state index is -0.928. The molecule has 0 bridgehead atoms. The monoisotopic (exact) mass is 310 g/mol. The highest BCUT2D eigenvalue weighted by molar-refractivity contribution is 7.18. The molecule has 0 N–H and O–H groups in total. The first-order valence-electron chi connectivity index (χ1n) is 6.00. The molecule has 0 spiro atoms. The molecule has 0 unspecified atom stereocenters. The van der Waals surface area contributed by atoms with Crippen LogP contribution in [-0.2, 0) is 6.42 Å². The summed E-state index contributed by atoms with van der Waals surface area (Å²) in [5.41, 5.74) is 0.402. The predicted octanol–water partition coefficient (Wildman–Crippen LogP) is 4.85. The summed E-state index contributed by atoms with van der Waals surface area (Å²) in [5.74, 6) is -1.53. The van der Waals surface area contributed by atoms with Crippen LogP contribution >= 0.6 is 22.9 Å². The van der Waals surface area contributed by atoms with Gasteiger partial charge in [-0.15, -0.1) is 11.3 Å². The smallest absolute Gasteiger partial charge is 0.162 e. The zero-order valence-electron chi connectivity index (χ0n) is 10.5. The zero-order valence-corrected chi connectivity index (χ0v) is 12.0. The molecule has 0 saturated heterocycles. The van der Waals surface area contributed by atoms with E-state index in [0.717, 1.165) is 33.6 Å². The predicted molar refractivity (Wildman–Crippen MR) is 77.2 cm³/mol. The molecule has 6 heteroatoms. The van der Waals surface area contributed by atoms with E-state index in [-0.39, 0.29) is 0 Å². The van der Waals surface area contributed by atoms with Crippen LogP contribution in [0.15, 0.2) is 24.3 Å². The molecule has 3 aromatic rings. The topological polar surface area (TPSA) is 25.8 Å². The van der Waals surface area contributed by atoms with Gasteiger partial charge in [0.15, 0.2) is 17.5 Å². The minimum absolute atomic E-state index is 0.297. The molecular formula is C14H9ClF2N2S. The van der Waals surface area contributed by atoms with Gasteiger partial charge in [-0.3, -0.25) is 0 Å². The number of aryl methyl sites for hydroxylation is 1. The van der Waals surface area contributed by atoms with Gasteiger partial charge in [0, 0.05) is 15.8 Å². The molecule has 0 aliphatic heterocycles. The maximum absolute atomic E-state index is 13.3. The maximum Gasteiger partial charge on any atom is 0.162 e. The Balaban J connectivity index is 2.18. The number of aromatic nitrogens is 2. The molecule has 0 aliphatic rings. The van der Waals surface area contributed by atoms with Crippen molar-refractivity contribution in [1.29, 1.82) is 0 Å². The first-order valence-corrected chi connectivity index (χ1v) is 7.19. The molecule has 0 aliphatic carbocycles. The van der Waals surface area contributed by atoms with Crippen LogP contribution in [0.4, 0.5) is 8.78 Å². The van der Waals surface area contributed by atoms with E-state index in [1.54, 1.807) is 0 Å². The van der Waals surface area contributed by atoms with Gasteiger partial charge in [0.05, 0.1) is 0 Å². The van der Waals surface area contributed by atoms with Gasteiger partial charge < -0.3 is 0 Å². The van der Waals surface area contributed by atoms with E-state index in [9.17, 15) is 8.78 Å². The lowest BCUT2D eigenvalue weighted by Gasteiger charge is -2.02. The van der Waals surface area contributed by atoms with Crippen LogP contribution in [0.3, 0.4) is 0 Å². The summed E-state index contributed by atoms with van der Waals surface area (Å²) < 4.78 is 26.2. The molecule has 0 fully saturated rings. The highest BCUT2D eigenvalue weighted by Gasteiger charge is 2.12. The number of nitrogens with zero attached hydrogens (tertiary/aromatic N) is 2. The third kappa shape index (κ3) is 2.27. The Morgan fingerprint density at radius 3 is 2.65 bits per heavy atom. The van der Waals surface area contributed by atoms with Gasteiger partial charge in [0.25, 0.3) is 0 Å². The zero-order chi connectivity index (χ0) is 14.3. The molecule has 2 nitrogen and oxygen atoms in total. The van der Waals surface area contributed by atoms with Gasteiger partial charge in [-0.1, -0.05) is 18.5 Å². The Morgan fingerprint density at radius 2 is 1.95 bits per heavy atom. The molecule has 20 heavy (non-hydrogen) atoms. The van der Waals surface area contributed by atoms with Crippen molar-refractivity contribution in [3.63, 3.8) is 0 Å². The summed E-state index contributed by atoms with van der Waals surface area (Å²) in [6.45, 7) is 2.04. The Morgan fingerprint density at radius 1 is 1.15 bits per heavy atom. The van der Waals surface area contributed by atoms with Crippen molar-refractivity contribution in [2.45, 2.75) is 13.3 Å². The summed E-state index contributed by atoms with van der Waals surface area (Å²) in [6.07, 6.45) is 0.887. The fraction of sp³-hybridized carbons (Fsp3) is 0.143. The molecule has 2 heterocycles. The molecule has 0 radical (unpaired) electrons. The van der Waals surface area contributed by atoms with E-state index in [1.165, 1.54) is 17.4 Å². The lowest BCUT2D eigenvalue weighted by molar-refractivity contribution is 0.509. The number of thiophene rings is 1. The molecular weight excluding hydrogens is 302 g/mol. The molecule has 0 atom stereocenters. The van der Waals surface area contributed by atoms with E-state index in [0.29, 0.717) is 16.5 Å². The standard InChI is InChI=1S/C14H9ClF2N2S/c1-2-8-6-9-12(15)18-13(19-14(9)20-8)7-3-4-10(16)11(17)5-7/h3-6H,2H2,1H3. The van der Waals surface area contributed by atoms with Gasteiger partial charge in [-0.25, -0.2) is 18.7 Å². The minimum Gasteiger partial charge on any atom is -0.217 e. The average molecular weight is 311 g/mol. The van der Waals surface area contributed by atoms with E-state index < -0.39 is 11.6 Å². The summed E-state index contributed by atoms with van der Waals surface area (Å²) in [7, 11) is 0. The molecule has 0 amide bonds. The van der Waals surface area contributed by atoms with Crippen LogP contribution < -0.4 is 0 Å². The second-order valence-electron chi connectivity index (χ2n) is 4.25. The van der Waals surface area contributed by atoms with Crippen LogP contribution in [0.2, 0.25) is 5.15 Å². The van der Waals surface area contributed by atoms with E-state index in [4.69, 9.17) is 11.6 Å². The van der Waals surface area contributed by atoms with Crippen LogP contribution in [0.25, 0.3) is 21.6 Å². The number of hydrogen-bond acceptors (Lipinski definition) is 3. The number of halogens is 3. The summed E-state index contributed by atoms with van der Waals surface area (Å²) >= 11 is 7.67. The molecule has 102 valence electrons. The molecule has 3 rings (SSSR count). The first kappa shape index (κ1) is 13.4. The Hall–Kier alpha value is -1.59. The highest BCUT2D eigenvalue weighted by atomic mass is 35.5. The van der Waals surface area contributed by atoms with Crippen LogP contribution in [0.5, 0.6) is 0 Å². The molecule has 2 aromatic heterocycles. The third-order valence-electron chi connectivity index (χ3n) is 2.92. The maximum atomic E-state index is 13.3. The number of hydrogen-bond donors (Lipinski definition) is 0. The van der Waals surface area contributed by atoms with Crippen molar-refractivity contribution < 1.29 is 8.78 Å². The fourth-order valence-electron chi connectivity index (χ4n) is 1.88. The summed E-state index contributed by atoms with van der Waals surface area (Å²) in [6, 6.07) is 5.51. The second-order valence-corrected chi connectivity index (χ2v) is 5.73. The SMILES string of the molecule is CCc1cc2c(Cl)nc(-c3ccc(F)c(F)c3)nc2s1. The largest absolute Gasteiger partial charge is 0.217 e. The van der Waals surface area contributed by atoms with Crippen LogP contribution in [-0.4, -0.2) is 9.97 Å². The molecule has 1 aromatic carbocycles. The lowest BCUT2D eigenvalue weighted by atomic mass is 10.2. The normalized spacial score (nSPS) is 11.2. The van der Waals surface area contributed by atoms with Crippen molar-refractivity contribution >= 4 is 33.2 Å².